The Morgan fingerprint density at radius 3 is 2.87 bits per heavy atom. The van der Waals surface area contributed by atoms with Crippen molar-refractivity contribution in [2.75, 3.05) is 25.0 Å². The molecule has 3 fully saturated rings. The number of anilines is 1. The van der Waals surface area contributed by atoms with Crippen molar-refractivity contribution in [3.8, 4) is 5.75 Å². The fraction of sp³-hybridized carbons (Fsp3) is 0.609. The van der Waals surface area contributed by atoms with E-state index >= 15 is 0 Å². The molecule has 31 heavy (non-hydrogen) atoms. The monoisotopic (exact) mass is 435 g/mol. The average molecular weight is 435 g/mol. The van der Waals surface area contributed by atoms with Gasteiger partial charge in [0.15, 0.2) is 0 Å². The number of ether oxygens (including phenoxy) is 1. The molecule has 2 bridgehead atoms. The molecule has 4 aliphatic rings. The summed E-state index contributed by atoms with van der Waals surface area (Å²) >= 11 is 0. The van der Waals surface area contributed by atoms with E-state index in [2.05, 4.69) is 21.0 Å². The molecule has 0 saturated carbocycles. The van der Waals surface area contributed by atoms with Crippen LogP contribution in [-0.4, -0.2) is 53.9 Å². The van der Waals surface area contributed by atoms with Gasteiger partial charge in [0, 0.05) is 30.9 Å². The van der Waals surface area contributed by atoms with Crippen LogP contribution in [0, 0.1) is 11.8 Å². The van der Waals surface area contributed by atoms with Crippen molar-refractivity contribution in [2.45, 2.75) is 57.0 Å². The van der Waals surface area contributed by atoms with Crippen LogP contribution in [0.1, 0.15) is 38.5 Å². The summed E-state index contributed by atoms with van der Waals surface area (Å²) in [6, 6.07) is 5.95. The van der Waals surface area contributed by atoms with Gasteiger partial charge >= 0.3 is 12.4 Å². The molecule has 3 saturated heterocycles. The van der Waals surface area contributed by atoms with Crippen LogP contribution < -0.4 is 10.1 Å². The highest BCUT2D eigenvalue weighted by Crippen LogP contribution is 2.45. The van der Waals surface area contributed by atoms with Gasteiger partial charge in [-0.15, -0.1) is 13.2 Å². The van der Waals surface area contributed by atoms with Gasteiger partial charge in [-0.25, -0.2) is 4.79 Å². The summed E-state index contributed by atoms with van der Waals surface area (Å²) in [5.74, 6) is 0.670. The fourth-order valence-electron chi connectivity index (χ4n) is 6.17. The van der Waals surface area contributed by atoms with Crippen molar-refractivity contribution in [1.82, 2.24) is 9.80 Å². The van der Waals surface area contributed by atoms with Gasteiger partial charge in [0.1, 0.15) is 5.75 Å². The summed E-state index contributed by atoms with van der Waals surface area (Å²) in [6.07, 6.45) is 4.57. The zero-order valence-electron chi connectivity index (χ0n) is 17.4. The van der Waals surface area contributed by atoms with Crippen molar-refractivity contribution in [3.05, 3.63) is 35.9 Å². The molecule has 0 unspecified atom stereocenters. The van der Waals surface area contributed by atoms with Crippen LogP contribution in [0.5, 0.6) is 5.75 Å². The standard InChI is InChI=1S/C23H28F3N3O2/c24-23(25,26)31-19-7-3-6-18(13-19)27-22(30)29-10-4-5-15-11-16-12-17(21(15)29)14-28-9-2-1-8-20(16)28/h3,6-7,11,13,16-17,20-21H,1-2,4-5,8-10,12,14H2,(H,27,30)/t16-,17-,20+,21-/m0/s1. The summed E-state index contributed by atoms with van der Waals surface area (Å²) in [7, 11) is 0. The van der Waals surface area contributed by atoms with Crippen molar-refractivity contribution in [3.63, 3.8) is 0 Å². The molecule has 4 atom stereocenters. The van der Waals surface area contributed by atoms with E-state index in [1.807, 2.05) is 4.90 Å². The number of nitrogens with one attached hydrogen (secondary N) is 1. The maximum absolute atomic E-state index is 13.2. The lowest BCUT2D eigenvalue weighted by Crippen LogP contribution is -2.60. The molecule has 168 valence electrons. The van der Waals surface area contributed by atoms with E-state index in [0.29, 0.717) is 30.1 Å². The minimum atomic E-state index is -4.76. The molecule has 1 aromatic carbocycles. The first-order valence-electron chi connectivity index (χ1n) is 11.3. The Hall–Kier alpha value is -2.22. The molecule has 0 spiro atoms. The van der Waals surface area contributed by atoms with Crippen LogP contribution in [0.4, 0.5) is 23.7 Å². The van der Waals surface area contributed by atoms with E-state index in [1.54, 1.807) is 6.07 Å². The molecule has 8 heteroatoms. The number of amides is 2. The molecule has 2 amide bonds. The van der Waals surface area contributed by atoms with E-state index in [9.17, 15) is 18.0 Å². The number of piperidine rings is 3. The molecule has 0 aromatic heterocycles. The van der Waals surface area contributed by atoms with Crippen molar-refractivity contribution >= 4 is 11.7 Å². The van der Waals surface area contributed by atoms with E-state index in [0.717, 1.165) is 32.4 Å². The number of urea groups is 1. The van der Waals surface area contributed by atoms with Gasteiger partial charge in [-0.3, -0.25) is 4.90 Å². The van der Waals surface area contributed by atoms with Crippen LogP contribution in [0.25, 0.3) is 0 Å². The molecule has 1 N–H and O–H groups in total. The quantitative estimate of drug-likeness (QED) is 0.664. The zero-order valence-corrected chi connectivity index (χ0v) is 17.4. The summed E-state index contributed by atoms with van der Waals surface area (Å²) in [4.78, 5) is 17.7. The van der Waals surface area contributed by atoms with Crippen LogP contribution in [-0.2, 0) is 0 Å². The van der Waals surface area contributed by atoms with Crippen LogP contribution in [0.3, 0.4) is 0 Å². The molecule has 0 radical (unpaired) electrons. The Balaban J connectivity index is 1.33. The fourth-order valence-corrected chi connectivity index (χ4v) is 6.17. The summed E-state index contributed by atoms with van der Waals surface area (Å²) in [5.41, 5.74) is 1.68. The normalized spacial score (nSPS) is 30.7. The number of carbonyl (C=O) groups excluding carboxylic acids is 1. The van der Waals surface area contributed by atoms with E-state index < -0.39 is 6.36 Å². The van der Waals surface area contributed by atoms with Gasteiger partial charge in [0.05, 0.1) is 6.04 Å². The third-order valence-electron chi connectivity index (χ3n) is 7.24. The highest BCUT2D eigenvalue weighted by Gasteiger charge is 2.47. The second-order valence-corrected chi connectivity index (χ2v) is 9.21. The van der Waals surface area contributed by atoms with Gasteiger partial charge in [0.2, 0.25) is 0 Å². The van der Waals surface area contributed by atoms with Crippen molar-refractivity contribution < 1.29 is 22.7 Å². The first-order chi connectivity index (χ1) is 14.9. The number of rotatable bonds is 2. The molecule has 1 aliphatic carbocycles. The Morgan fingerprint density at radius 2 is 2.03 bits per heavy atom. The SMILES string of the molecule is O=C(Nc1cccc(OC(F)(F)F)c1)N1CCCC2=C[C@H]3C[C@@H](CN4CCCC[C@H]34)[C@H]21. The number of benzene rings is 1. The number of hydrogen-bond acceptors (Lipinski definition) is 3. The van der Waals surface area contributed by atoms with Crippen molar-refractivity contribution in [1.29, 1.82) is 0 Å². The van der Waals surface area contributed by atoms with Gasteiger partial charge < -0.3 is 15.0 Å². The van der Waals surface area contributed by atoms with Gasteiger partial charge in [0.25, 0.3) is 0 Å². The van der Waals surface area contributed by atoms with Crippen LogP contribution in [0.15, 0.2) is 35.9 Å². The number of halogens is 3. The van der Waals surface area contributed by atoms with Gasteiger partial charge in [-0.1, -0.05) is 24.1 Å². The van der Waals surface area contributed by atoms with Gasteiger partial charge in [-0.2, -0.15) is 0 Å². The molecule has 3 heterocycles. The number of fused-ring (bicyclic) bond motifs is 6. The minimum absolute atomic E-state index is 0.0856. The van der Waals surface area contributed by atoms with Crippen LogP contribution in [0.2, 0.25) is 0 Å². The van der Waals surface area contributed by atoms with Gasteiger partial charge in [-0.05, 0) is 62.6 Å². The number of hydrogen-bond donors (Lipinski definition) is 1. The Bertz CT molecular complexity index is 872. The lowest BCUT2D eigenvalue weighted by Gasteiger charge is -2.54. The predicted octanol–water partition coefficient (Wildman–Crippen LogP) is 5.01. The predicted molar refractivity (Wildman–Crippen MR) is 111 cm³/mol. The lowest BCUT2D eigenvalue weighted by molar-refractivity contribution is -0.274. The van der Waals surface area contributed by atoms with E-state index in [4.69, 9.17) is 0 Å². The topological polar surface area (TPSA) is 44.8 Å². The number of nitrogens with zero attached hydrogens (tertiary/aromatic N) is 2. The second-order valence-electron chi connectivity index (χ2n) is 9.21. The molecule has 1 aromatic rings. The third kappa shape index (κ3) is 4.27. The largest absolute Gasteiger partial charge is 0.573 e. The summed E-state index contributed by atoms with van der Waals surface area (Å²) in [5, 5.41) is 2.80. The molecule has 3 aliphatic heterocycles. The first kappa shape index (κ1) is 20.7. The lowest BCUT2D eigenvalue weighted by atomic mass is 9.68. The van der Waals surface area contributed by atoms with Crippen LogP contribution >= 0.6 is 0 Å². The molecule has 5 nitrogen and oxygen atoms in total. The molecule has 5 rings (SSSR count). The maximum Gasteiger partial charge on any atom is 0.573 e. The third-order valence-corrected chi connectivity index (χ3v) is 7.24. The van der Waals surface area contributed by atoms with Crippen molar-refractivity contribution in [2.24, 2.45) is 11.8 Å². The zero-order chi connectivity index (χ0) is 21.6. The second kappa shape index (κ2) is 8.04. The Kier molecular flexibility index (Phi) is 5.36. The maximum atomic E-state index is 13.2. The Morgan fingerprint density at radius 1 is 1.16 bits per heavy atom. The summed E-state index contributed by atoms with van der Waals surface area (Å²) in [6.45, 7) is 2.84. The Labute approximate surface area is 180 Å². The number of likely N-dealkylation sites (tertiary alicyclic amines) is 1. The van der Waals surface area contributed by atoms with E-state index in [1.165, 1.54) is 43.0 Å². The minimum Gasteiger partial charge on any atom is -0.406 e. The smallest absolute Gasteiger partial charge is 0.406 e. The molecular formula is C23H28F3N3O2. The molecular weight excluding hydrogens is 407 g/mol. The first-order valence-corrected chi connectivity index (χ1v) is 11.3. The highest BCUT2D eigenvalue weighted by molar-refractivity contribution is 5.90. The highest BCUT2D eigenvalue weighted by atomic mass is 19.4. The average Bonchev–Trinajstić information content (AvgIpc) is 2.72. The number of carbonyl (C=O) groups is 1. The summed E-state index contributed by atoms with van der Waals surface area (Å²) < 4.78 is 41.5. The van der Waals surface area contributed by atoms with E-state index in [-0.39, 0.29) is 17.8 Å². The number of alkyl halides is 3.